The first-order chi connectivity index (χ1) is 14.7. The van der Waals surface area contributed by atoms with Gasteiger partial charge in [0.25, 0.3) is 0 Å². The standard InChI is InChI=1S/C26H26N2O2/c1-19(23-9-5-7-22-6-3-4-8-24(22)23)28-17-21-10-11-25(26(16-21)29-2)30-18-20-12-14-27-15-13-20/h3-16,19,28H,17-18H2,1-2H3. The third-order valence-electron chi connectivity index (χ3n) is 5.27. The van der Waals surface area contributed by atoms with Gasteiger partial charge in [0.15, 0.2) is 11.5 Å². The summed E-state index contributed by atoms with van der Waals surface area (Å²) >= 11 is 0. The number of hydrogen-bond acceptors (Lipinski definition) is 4. The summed E-state index contributed by atoms with van der Waals surface area (Å²) in [6.07, 6.45) is 3.53. The number of pyridine rings is 1. The Bertz CT molecular complexity index is 1110. The second-order valence-electron chi connectivity index (χ2n) is 7.30. The summed E-state index contributed by atoms with van der Waals surface area (Å²) < 4.78 is 11.5. The van der Waals surface area contributed by atoms with Gasteiger partial charge in [-0.1, -0.05) is 48.5 Å². The van der Waals surface area contributed by atoms with Gasteiger partial charge in [0, 0.05) is 25.0 Å². The van der Waals surface area contributed by atoms with E-state index in [0.29, 0.717) is 6.61 Å². The molecule has 0 saturated carbocycles. The van der Waals surface area contributed by atoms with E-state index in [2.05, 4.69) is 65.8 Å². The van der Waals surface area contributed by atoms with Crippen molar-refractivity contribution in [2.75, 3.05) is 7.11 Å². The summed E-state index contributed by atoms with van der Waals surface area (Å²) in [5, 5.41) is 6.19. The third kappa shape index (κ3) is 4.61. The van der Waals surface area contributed by atoms with Crippen LogP contribution in [0.3, 0.4) is 0 Å². The maximum Gasteiger partial charge on any atom is 0.161 e. The fourth-order valence-electron chi connectivity index (χ4n) is 3.59. The van der Waals surface area contributed by atoms with Gasteiger partial charge in [0.2, 0.25) is 0 Å². The quantitative estimate of drug-likeness (QED) is 0.415. The molecule has 4 nitrogen and oxygen atoms in total. The van der Waals surface area contributed by atoms with Crippen molar-refractivity contribution in [3.05, 3.63) is 102 Å². The molecule has 152 valence electrons. The fourth-order valence-corrected chi connectivity index (χ4v) is 3.59. The van der Waals surface area contributed by atoms with Crippen LogP contribution in [0, 0.1) is 0 Å². The molecule has 0 fully saturated rings. The Labute approximate surface area is 177 Å². The topological polar surface area (TPSA) is 43.4 Å². The van der Waals surface area contributed by atoms with Gasteiger partial charge in [-0.05, 0) is 58.7 Å². The molecule has 1 atom stereocenters. The zero-order chi connectivity index (χ0) is 20.8. The number of nitrogens with zero attached hydrogens (tertiary/aromatic N) is 1. The Morgan fingerprint density at radius 2 is 1.67 bits per heavy atom. The van der Waals surface area contributed by atoms with Crippen molar-refractivity contribution in [3.8, 4) is 11.5 Å². The average molecular weight is 399 g/mol. The molecule has 1 heterocycles. The van der Waals surface area contributed by atoms with E-state index in [0.717, 1.165) is 29.2 Å². The van der Waals surface area contributed by atoms with Crippen LogP contribution in [0.1, 0.15) is 29.7 Å². The van der Waals surface area contributed by atoms with E-state index in [1.807, 2.05) is 24.3 Å². The van der Waals surface area contributed by atoms with Gasteiger partial charge in [-0.2, -0.15) is 0 Å². The summed E-state index contributed by atoms with van der Waals surface area (Å²) in [4.78, 5) is 4.03. The summed E-state index contributed by atoms with van der Waals surface area (Å²) in [5.41, 5.74) is 3.52. The third-order valence-corrected chi connectivity index (χ3v) is 5.27. The van der Waals surface area contributed by atoms with Gasteiger partial charge >= 0.3 is 0 Å². The van der Waals surface area contributed by atoms with Gasteiger partial charge in [-0.15, -0.1) is 0 Å². The largest absolute Gasteiger partial charge is 0.493 e. The van der Waals surface area contributed by atoms with E-state index < -0.39 is 0 Å². The molecule has 1 aromatic heterocycles. The highest BCUT2D eigenvalue weighted by Gasteiger charge is 2.11. The highest BCUT2D eigenvalue weighted by molar-refractivity contribution is 5.86. The molecule has 0 bridgehead atoms. The minimum absolute atomic E-state index is 0.227. The zero-order valence-electron chi connectivity index (χ0n) is 17.3. The highest BCUT2D eigenvalue weighted by atomic mass is 16.5. The predicted octanol–water partition coefficient (Wildman–Crippen LogP) is 5.67. The second kappa shape index (κ2) is 9.42. The lowest BCUT2D eigenvalue weighted by Gasteiger charge is -2.18. The SMILES string of the molecule is COc1cc(CNC(C)c2cccc3ccccc23)ccc1OCc1ccncc1. The molecule has 0 saturated heterocycles. The lowest BCUT2D eigenvalue weighted by atomic mass is 9.99. The van der Waals surface area contributed by atoms with Crippen molar-refractivity contribution < 1.29 is 9.47 Å². The van der Waals surface area contributed by atoms with Crippen LogP contribution < -0.4 is 14.8 Å². The van der Waals surface area contributed by atoms with Crippen molar-refractivity contribution >= 4 is 10.8 Å². The first-order valence-electron chi connectivity index (χ1n) is 10.1. The minimum Gasteiger partial charge on any atom is -0.493 e. The summed E-state index contributed by atoms with van der Waals surface area (Å²) in [6.45, 7) is 3.42. The molecule has 3 aromatic carbocycles. The molecule has 1 N–H and O–H groups in total. The summed E-state index contributed by atoms with van der Waals surface area (Å²) in [5.74, 6) is 1.47. The number of nitrogens with one attached hydrogen (secondary N) is 1. The van der Waals surface area contributed by atoms with Gasteiger partial charge in [-0.3, -0.25) is 4.98 Å². The summed E-state index contributed by atoms with van der Waals surface area (Å²) in [6, 6.07) is 25.2. The normalized spacial score (nSPS) is 11.9. The van der Waals surface area contributed by atoms with Crippen LogP contribution in [0.2, 0.25) is 0 Å². The molecule has 1 unspecified atom stereocenters. The Balaban J connectivity index is 1.43. The molecule has 4 aromatic rings. The van der Waals surface area contributed by atoms with Crippen molar-refractivity contribution in [1.29, 1.82) is 0 Å². The van der Waals surface area contributed by atoms with E-state index in [1.165, 1.54) is 16.3 Å². The number of methoxy groups -OCH3 is 1. The van der Waals surface area contributed by atoms with Gasteiger partial charge in [-0.25, -0.2) is 0 Å². The van der Waals surface area contributed by atoms with Crippen LogP contribution in [0.5, 0.6) is 11.5 Å². The van der Waals surface area contributed by atoms with E-state index in [9.17, 15) is 0 Å². The minimum atomic E-state index is 0.227. The number of rotatable bonds is 8. The van der Waals surface area contributed by atoms with Crippen molar-refractivity contribution in [1.82, 2.24) is 10.3 Å². The van der Waals surface area contributed by atoms with Gasteiger partial charge in [0.1, 0.15) is 6.61 Å². The number of ether oxygens (including phenoxy) is 2. The van der Waals surface area contributed by atoms with Crippen LogP contribution in [0.4, 0.5) is 0 Å². The van der Waals surface area contributed by atoms with Gasteiger partial charge < -0.3 is 14.8 Å². The predicted molar refractivity (Wildman–Crippen MR) is 121 cm³/mol. The molecule has 0 aliphatic heterocycles. The lowest BCUT2D eigenvalue weighted by molar-refractivity contribution is 0.284. The van der Waals surface area contributed by atoms with Crippen LogP contribution in [-0.2, 0) is 13.2 Å². The van der Waals surface area contributed by atoms with Crippen LogP contribution >= 0.6 is 0 Å². The average Bonchev–Trinajstić information content (AvgIpc) is 2.81. The van der Waals surface area contributed by atoms with Crippen molar-refractivity contribution in [2.45, 2.75) is 26.1 Å². The van der Waals surface area contributed by atoms with E-state index >= 15 is 0 Å². The number of aromatic nitrogens is 1. The highest BCUT2D eigenvalue weighted by Crippen LogP contribution is 2.29. The molecular formula is C26H26N2O2. The fraction of sp³-hybridized carbons (Fsp3) is 0.192. The first kappa shape index (κ1) is 19.9. The summed E-state index contributed by atoms with van der Waals surface area (Å²) in [7, 11) is 1.67. The molecule has 0 aliphatic rings. The van der Waals surface area contributed by atoms with E-state index in [-0.39, 0.29) is 6.04 Å². The maximum atomic E-state index is 5.94. The van der Waals surface area contributed by atoms with Crippen molar-refractivity contribution in [3.63, 3.8) is 0 Å². The second-order valence-corrected chi connectivity index (χ2v) is 7.30. The maximum absolute atomic E-state index is 5.94. The van der Waals surface area contributed by atoms with Crippen LogP contribution in [0.15, 0.2) is 85.2 Å². The van der Waals surface area contributed by atoms with Gasteiger partial charge in [0.05, 0.1) is 7.11 Å². The molecular weight excluding hydrogens is 372 g/mol. The number of hydrogen-bond donors (Lipinski definition) is 1. The molecule has 4 rings (SSSR count). The monoisotopic (exact) mass is 398 g/mol. The number of fused-ring (bicyclic) bond motifs is 1. The molecule has 0 aliphatic carbocycles. The van der Waals surface area contributed by atoms with Crippen molar-refractivity contribution in [2.24, 2.45) is 0 Å². The first-order valence-corrected chi connectivity index (χ1v) is 10.1. The number of benzene rings is 3. The Kier molecular flexibility index (Phi) is 6.26. The molecule has 0 spiro atoms. The van der Waals surface area contributed by atoms with Crippen LogP contribution in [0.25, 0.3) is 10.8 Å². The smallest absolute Gasteiger partial charge is 0.161 e. The Hall–Kier alpha value is -3.37. The molecule has 30 heavy (non-hydrogen) atoms. The van der Waals surface area contributed by atoms with Crippen LogP contribution in [-0.4, -0.2) is 12.1 Å². The Morgan fingerprint density at radius 1 is 0.867 bits per heavy atom. The molecule has 4 heteroatoms. The van der Waals surface area contributed by atoms with E-state index in [4.69, 9.17) is 9.47 Å². The lowest BCUT2D eigenvalue weighted by Crippen LogP contribution is -2.18. The molecule has 0 radical (unpaired) electrons. The zero-order valence-corrected chi connectivity index (χ0v) is 17.3. The Morgan fingerprint density at radius 3 is 2.50 bits per heavy atom. The van der Waals surface area contributed by atoms with E-state index in [1.54, 1.807) is 19.5 Å². The molecule has 0 amide bonds.